The number of rotatable bonds is 6. The fraction of sp³-hybridized carbons (Fsp3) is 0.583. The number of benzene rings is 1. The highest BCUT2D eigenvalue weighted by atomic mass is 16.5. The van der Waals surface area contributed by atoms with Gasteiger partial charge in [0, 0.05) is 44.7 Å². The average Bonchev–Trinajstić information content (AvgIpc) is 3.31. The molecular weight excluding hydrogens is 452 g/mol. The summed E-state index contributed by atoms with van der Waals surface area (Å²) in [5.41, 5.74) is 1.34. The molecule has 0 spiro atoms. The van der Waals surface area contributed by atoms with Crippen molar-refractivity contribution >= 4 is 17.6 Å². The van der Waals surface area contributed by atoms with Crippen LogP contribution in [0.3, 0.4) is 0 Å². The first kappa shape index (κ1) is 26.4. The molecule has 192 valence electrons. The van der Waals surface area contributed by atoms with Crippen LogP contribution in [0.5, 0.6) is 5.75 Å². The zero-order valence-electron chi connectivity index (χ0n) is 20.9. The normalized spacial score (nSPS) is 20.3. The molecule has 2 bridgehead atoms. The molecule has 3 rings (SSSR count). The Morgan fingerprint density at radius 3 is 2.80 bits per heavy atom. The Morgan fingerprint density at radius 2 is 2.11 bits per heavy atom. The summed E-state index contributed by atoms with van der Waals surface area (Å²) in [4.78, 5) is 29.1. The van der Waals surface area contributed by atoms with Crippen molar-refractivity contribution < 1.29 is 24.2 Å². The summed E-state index contributed by atoms with van der Waals surface area (Å²) in [6.45, 7) is 5.22. The third kappa shape index (κ3) is 7.40. The van der Waals surface area contributed by atoms with Crippen LogP contribution in [0, 0.1) is 5.92 Å². The summed E-state index contributed by atoms with van der Waals surface area (Å²) in [7, 11) is 3.29. The second kappa shape index (κ2) is 12.5. The van der Waals surface area contributed by atoms with Gasteiger partial charge in [0.15, 0.2) is 0 Å². The van der Waals surface area contributed by atoms with Gasteiger partial charge in [-0.25, -0.2) is 4.79 Å². The molecule has 0 saturated carbocycles. The summed E-state index contributed by atoms with van der Waals surface area (Å²) >= 11 is 0. The number of methoxy groups -OCH3 is 1. The minimum Gasteiger partial charge on any atom is -0.497 e. The Hall–Kier alpha value is -3.18. The lowest BCUT2D eigenvalue weighted by Crippen LogP contribution is -2.48. The van der Waals surface area contributed by atoms with Crippen molar-refractivity contribution in [1.82, 2.24) is 24.8 Å². The summed E-state index contributed by atoms with van der Waals surface area (Å²) in [5.74, 6) is 0.568. The third-order valence-corrected chi connectivity index (χ3v) is 6.19. The Morgan fingerprint density at radius 1 is 1.37 bits per heavy atom. The van der Waals surface area contributed by atoms with E-state index in [2.05, 4.69) is 15.6 Å². The number of aromatic nitrogens is 3. The van der Waals surface area contributed by atoms with Crippen LogP contribution in [0.4, 0.5) is 10.5 Å². The molecule has 3 atom stereocenters. The Bertz CT molecular complexity index is 966. The molecule has 1 aliphatic rings. The molecule has 35 heavy (non-hydrogen) atoms. The van der Waals surface area contributed by atoms with E-state index in [1.807, 2.05) is 20.0 Å². The zero-order chi connectivity index (χ0) is 25.4. The van der Waals surface area contributed by atoms with Crippen LogP contribution in [0.25, 0.3) is 0 Å². The number of nitrogens with zero attached hydrogens (tertiary/aromatic N) is 5. The first-order chi connectivity index (χ1) is 16.8. The second-order valence-electron chi connectivity index (χ2n) is 9.02. The number of carbonyl (C=O) groups is 2. The van der Waals surface area contributed by atoms with Gasteiger partial charge in [-0.3, -0.25) is 9.48 Å². The minimum absolute atomic E-state index is 0.0256. The van der Waals surface area contributed by atoms with Crippen LogP contribution in [0.15, 0.2) is 30.5 Å². The number of urea groups is 1. The van der Waals surface area contributed by atoms with Crippen LogP contribution < -0.4 is 10.1 Å². The van der Waals surface area contributed by atoms with Crippen molar-refractivity contribution in [1.29, 1.82) is 0 Å². The molecule has 0 fully saturated rings. The number of amides is 3. The molecular formula is C24H36N6O5. The Balaban J connectivity index is 1.73. The smallest absolute Gasteiger partial charge is 0.321 e. The van der Waals surface area contributed by atoms with Gasteiger partial charge in [0.2, 0.25) is 5.91 Å². The number of aliphatic hydroxyl groups is 1. The number of anilines is 1. The van der Waals surface area contributed by atoms with Gasteiger partial charge >= 0.3 is 6.03 Å². The number of fused-ring (bicyclic) bond motifs is 2. The quantitative estimate of drug-likeness (QED) is 0.637. The maximum atomic E-state index is 13.0. The molecule has 2 heterocycles. The van der Waals surface area contributed by atoms with Gasteiger partial charge in [-0.1, -0.05) is 12.1 Å². The lowest BCUT2D eigenvalue weighted by Gasteiger charge is -2.35. The summed E-state index contributed by atoms with van der Waals surface area (Å²) in [6.07, 6.45) is 2.41. The van der Waals surface area contributed by atoms with E-state index in [9.17, 15) is 14.7 Å². The van der Waals surface area contributed by atoms with Crippen LogP contribution in [0.2, 0.25) is 0 Å². The zero-order valence-corrected chi connectivity index (χ0v) is 20.9. The first-order valence-corrected chi connectivity index (χ1v) is 11.9. The molecule has 2 aromatic rings. The first-order valence-electron chi connectivity index (χ1n) is 11.9. The topological polar surface area (TPSA) is 122 Å². The standard InChI is InChI=1S/C24H36N6O5/c1-17-12-30(18(2)15-31)23(32)6-5-11-29-13-20(26-27-29)16-35-22(17)14-28(3)24(33)25-19-7-9-21(34-4)10-8-19/h7-10,13,17-18,22,31H,5-6,11-12,14-16H2,1-4H3,(H,25,33)/t17-,18+,22-/m0/s1. The number of carbonyl (C=O) groups excluding carboxylic acids is 2. The van der Waals surface area contributed by atoms with Gasteiger partial charge in [0.1, 0.15) is 11.4 Å². The van der Waals surface area contributed by atoms with E-state index in [1.54, 1.807) is 52.9 Å². The molecule has 3 amide bonds. The number of nitrogens with one attached hydrogen (secondary N) is 1. The summed E-state index contributed by atoms with van der Waals surface area (Å²) in [6, 6.07) is 6.49. The van der Waals surface area contributed by atoms with Gasteiger partial charge in [0.05, 0.1) is 38.7 Å². The minimum atomic E-state index is -0.381. The van der Waals surface area contributed by atoms with Crippen molar-refractivity contribution in [2.45, 2.75) is 52.0 Å². The summed E-state index contributed by atoms with van der Waals surface area (Å²) < 4.78 is 13.1. The molecule has 1 aromatic heterocycles. The van der Waals surface area contributed by atoms with Crippen molar-refractivity contribution in [2.24, 2.45) is 5.92 Å². The van der Waals surface area contributed by atoms with Crippen LogP contribution >= 0.6 is 0 Å². The van der Waals surface area contributed by atoms with E-state index in [1.165, 1.54) is 0 Å². The van der Waals surface area contributed by atoms with Gasteiger partial charge in [-0.15, -0.1) is 5.10 Å². The van der Waals surface area contributed by atoms with Gasteiger partial charge < -0.3 is 29.7 Å². The molecule has 0 saturated heterocycles. The molecule has 0 unspecified atom stereocenters. The van der Waals surface area contributed by atoms with Crippen LogP contribution in [-0.4, -0.2) is 87.8 Å². The van der Waals surface area contributed by atoms with Crippen molar-refractivity contribution in [2.75, 3.05) is 39.2 Å². The predicted molar refractivity (Wildman–Crippen MR) is 130 cm³/mol. The number of aliphatic hydroxyl groups excluding tert-OH is 1. The molecule has 2 N–H and O–H groups in total. The van der Waals surface area contributed by atoms with Crippen molar-refractivity contribution in [3.05, 3.63) is 36.2 Å². The second-order valence-corrected chi connectivity index (χ2v) is 9.02. The van der Waals surface area contributed by atoms with Gasteiger partial charge in [0.25, 0.3) is 0 Å². The van der Waals surface area contributed by atoms with Crippen LogP contribution in [-0.2, 0) is 22.7 Å². The average molecular weight is 489 g/mol. The predicted octanol–water partition coefficient (Wildman–Crippen LogP) is 1.98. The fourth-order valence-corrected chi connectivity index (χ4v) is 3.94. The molecule has 1 aliphatic heterocycles. The number of aryl methyl sites for hydroxylation is 1. The van der Waals surface area contributed by atoms with E-state index in [4.69, 9.17) is 9.47 Å². The van der Waals surface area contributed by atoms with E-state index in [0.717, 1.165) is 0 Å². The maximum absolute atomic E-state index is 13.0. The van der Waals surface area contributed by atoms with Crippen LogP contribution in [0.1, 0.15) is 32.4 Å². The lowest BCUT2D eigenvalue weighted by atomic mass is 10.0. The Labute approximate surface area is 206 Å². The largest absolute Gasteiger partial charge is 0.497 e. The van der Waals surface area contributed by atoms with Gasteiger partial charge in [-0.2, -0.15) is 0 Å². The molecule has 1 aromatic carbocycles. The van der Waals surface area contributed by atoms with E-state index in [0.29, 0.717) is 49.6 Å². The number of hydrogen-bond acceptors (Lipinski definition) is 7. The number of hydrogen-bond donors (Lipinski definition) is 2. The van der Waals surface area contributed by atoms with E-state index < -0.39 is 0 Å². The fourth-order valence-electron chi connectivity index (χ4n) is 3.94. The van der Waals surface area contributed by atoms with E-state index in [-0.39, 0.29) is 43.2 Å². The third-order valence-electron chi connectivity index (χ3n) is 6.19. The molecule has 0 aliphatic carbocycles. The maximum Gasteiger partial charge on any atom is 0.321 e. The summed E-state index contributed by atoms with van der Waals surface area (Å²) in [5, 5.41) is 20.9. The number of likely N-dealkylation sites (N-methyl/N-ethyl adjacent to an activating group) is 1. The highest BCUT2D eigenvalue weighted by molar-refractivity contribution is 5.89. The highest BCUT2D eigenvalue weighted by Crippen LogP contribution is 2.19. The number of ether oxygens (including phenoxy) is 2. The molecule has 0 radical (unpaired) electrons. The highest BCUT2D eigenvalue weighted by Gasteiger charge is 2.28. The molecule has 11 nitrogen and oxygen atoms in total. The van der Waals surface area contributed by atoms with Crippen molar-refractivity contribution in [3.63, 3.8) is 0 Å². The van der Waals surface area contributed by atoms with Crippen molar-refractivity contribution in [3.8, 4) is 5.75 Å². The lowest BCUT2D eigenvalue weighted by molar-refractivity contribution is -0.136. The molecule has 11 heteroatoms. The Kier molecular flexibility index (Phi) is 9.44. The van der Waals surface area contributed by atoms with Gasteiger partial charge in [-0.05, 0) is 37.6 Å². The van der Waals surface area contributed by atoms with E-state index >= 15 is 0 Å². The monoisotopic (exact) mass is 488 g/mol. The SMILES string of the molecule is COc1ccc(NC(=O)N(C)C[C@@H]2OCc3cn(nn3)CCCC(=O)N([C@H](C)CO)C[C@@H]2C)cc1.